The summed E-state index contributed by atoms with van der Waals surface area (Å²) < 4.78 is 5.94. The van der Waals surface area contributed by atoms with Gasteiger partial charge in [-0.2, -0.15) is 5.26 Å². The molecule has 1 unspecified atom stereocenters. The van der Waals surface area contributed by atoms with Crippen LogP contribution in [0.4, 0.5) is 0 Å². The van der Waals surface area contributed by atoms with Crippen molar-refractivity contribution < 1.29 is 4.74 Å². The van der Waals surface area contributed by atoms with Crippen molar-refractivity contribution in [1.29, 1.82) is 5.26 Å². The number of nitriles is 1. The molecule has 0 heterocycles. The first-order valence-corrected chi connectivity index (χ1v) is 7.19. The molecule has 2 aromatic carbocycles. The lowest BCUT2D eigenvalue weighted by atomic mass is 10.1. The molecule has 1 N–H and O–H groups in total. The quantitative estimate of drug-likeness (QED) is 0.875. The summed E-state index contributed by atoms with van der Waals surface area (Å²) in [4.78, 5) is 0. The maximum absolute atomic E-state index is 9.11. The topological polar surface area (TPSA) is 45.0 Å². The van der Waals surface area contributed by atoms with Gasteiger partial charge in [-0.15, -0.1) is 0 Å². The number of ether oxygens (including phenoxy) is 1. The van der Waals surface area contributed by atoms with Gasteiger partial charge in [0.2, 0.25) is 0 Å². The van der Waals surface area contributed by atoms with Crippen LogP contribution >= 0.6 is 0 Å². The van der Waals surface area contributed by atoms with Crippen LogP contribution in [0.3, 0.4) is 0 Å². The molecule has 108 valence electrons. The molecule has 0 radical (unpaired) electrons. The van der Waals surface area contributed by atoms with Crippen LogP contribution in [0.15, 0.2) is 48.5 Å². The van der Waals surface area contributed by atoms with Gasteiger partial charge in [0.05, 0.1) is 11.6 Å². The molecule has 0 bridgehead atoms. The third kappa shape index (κ3) is 3.84. The van der Waals surface area contributed by atoms with Crippen molar-refractivity contribution in [3.05, 3.63) is 65.2 Å². The summed E-state index contributed by atoms with van der Waals surface area (Å²) in [6, 6.07) is 18.0. The fourth-order valence-corrected chi connectivity index (χ4v) is 2.30. The number of nitrogens with zero attached hydrogens (tertiary/aromatic N) is 1. The van der Waals surface area contributed by atoms with Gasteiger partial charge in [-0.05, 0) is 25.6 Å². The van der Waals surface area contributed by atoms with Crippen molar-refractivity contribution in [1.82, 2.24) is 5.32 Å². The Bertz CT molecular complexity index is 631. The minimum atomic E-state index is 0.234. The van der Waals surface area contributed by atoms with E-state index in [1.807, 2.05) is 42.5 Å². The molecule has 3 heteroatoms. The maximum Gasteiger partial charge on any atom is 0.124 e. The highest BCUT2D eigenvalue weighted by Crippen LogP contribution is 2.25. The minimum absolute atomic E-state index is 0.234. The monoisotopic (exact) mass is 280 g/mol. The zero-order valence-corrected chi connectivity index (χ0v) is 12.5. The Morgan fingerprint density at radius 3 is 2.62 bits per heavy atom. The van der Waals surface area contributed by atoms with Crippen LogP contribution in [-0.2, 0) is 6.61 Å². The van der Waals surface area contributed by atoms with Crippen LogP contribution in [-0.4, -0.2) is 6.54 Å². The maximum atomic E-state index is 9.11. The van der Waals surface area contributed by atoms with E-state index in [0.29, 0.717) is 12.2 Å². The second kappa shape index (κ2) is 7.47. The molecule has 2 aromatic rings. The first-order valence-electron chi connectivity index (χ1n) is 7.19. The molecule has 2 rings (SSSR count). The molecule has 0 aromatic heterocycles. The van der Waals surface area contributed by atoms with Gasteiger partial charge in [0, 0.05) is 17.2 Å². The molecule has 21 heavy (non-hydrogen) atoms. The standard InChI is InChI=1S/C18H20N2O/c1-3-20-14(2)17-10-6-7-11-18(17)21-13-16-9-5-4-8-15(16)12-19/h4-11,14,20H,3,13H2,1-2H3. The van der Waals surface area contributed by atoms with E-state index >= 15 is 0 Å². The number of benzene rings is 2. The van der Waals surface area contributed by atoms with E-state index in [-0.39, 0.29) is 6.04 Å². The Hall–Kier alpha value is -2.31. The fourth-order valence-electron chi connectivity index (χ4n) is 2.30. The summed E-state index contributed by atoms with van der Waals surface area (Å²) >= 11 is 0. The molecule has 0 aliphatic heterocycles. The Morgan fingerprint density at radius 2 is 1.86 bits per heavy atom. The zero-order valence-electron chi connectivity index (χ0n) is 12.5. The molecule has 0 saturated heterocycles. The van der Waals surface area contributed by atoms with Gasteiger partial charge >= 0.3 is 0 Å². The number of hydrogen-bond donors (Lipinski definition) is 1. The molecule has 0 amide bonds. The molecule has 0 spiro atoms. The number of para-hydroxylation sites is 1. The first-order chi connectivity index (χ1) is 10.3. The molecule has 3 nitrogen and oxygen atoms in total. The summed E-state index contributed by atoms with van der Waals surface area (Å²) in [5.41, 5.74) is 2.70. The lowest BCUT2D eigenvalue weighted by molar-refractivity contribution is 0.299. The van der Waals surface area contributed by atoms with E-state index < -0.39 is 0 Å². The normalized spacial score (nSPS) is 11.7. The third-order valence-electron chi connectivity index (χ3n) is 3.42. The SMILES string of the molecule is CCNC(C)c1ccccc1OCc1ccccc1C#N. The second-order valence-corrected chi connectivity index (χ2v) is 4.87. The lowest BCUT2D eigenvalue weighted by Gasteiger charge is -2.17. The van der Waals surface area contributed by atoms with E-state index in [9.17, 15) is 0 Å². The summed E-state index contributed by atoms with van der Waals surface area (Å²) in [6.07, 6.45) is 0. The molecular formula is C18H20N2O. The van der Waals surface area contributed by atoms with E-state index in [0.717, 1.165) is 23.4 Å². The van der Waals surface area contributed by atoms with Gasteiger partial charge < -0.3 is 10.1 Å². The zero-order chi connectivity index (χ0) is 15.1. The highest BCUT2D eigenvalue weighted by Gasteiger charge is 2.10. The minimum Gasteiger partial charge on any atom is -0.489 e. The summed E-state index contributed by atoms with van der Waals surface area (Å²) in [6.45, 7) is 5.52. The van der Waals surface area contributed by atoms with Crippen molar-refractivity contribution in [2.24, 2.45) is 0 Å². The highest BCUT2D eigenvalue weighted by molar-refractivity contribution is 5.39. The number of nitrogens with one attached hydrogen (secondary N) is 1. The van der Waals surface area contributed by atoms with Crippen molar-refractivity contribution in [3.63, 3.8) is 0 Å². The van der Waals surface area contributed by atoms with Crippen LogP contribution in [0.5, 0.6) is 5.75 Å². The molecule has 0 saturated carbocycles. The van der Waals surface area contributed by atoms with Crippen molar-refractivity contribution >= 4 is 0 Å². The van der Waals surface area contributed by atoms with Gasteiger partial charge in [-0.25, -0.2) is 0 Å². The molecule has 0 aliphatic rings. The predicted octanol–water partition coefficient (Wildman–Crippen LogP) is 3.81. The predicted molar refractivity (Wildman–Crippen MR) is 84.0 cm³/mol. The van der Waals surface area contributed by atoms with E-state index in [1.165, 1.54) is 0 Å². The van der Waals surface area contributed by atoms with Crippen LogP contribution in [0.25, 0.3) is 0 Å². The van der Waals surface area contributed by atoms with Crippen molar-refractivity contribution in [2.45, 2.75) is 26.5 Å². The molecule has 0 aliphatic carbocycles. The van der Waals surface area contributed by atoms with Crippen molar-refractivity contribution in [3.8, 4) is 11.8 Å². The number of hydrogen-bond acceptors (Lipinski definition) is 3. The summed E-state index contributed by atoms with van der Waals surface area (Å²) in [5, 5.41) is 12.5. The largest absolute Gasteiger partial charge is 0.489 e. The van der Waals surface area contributed by atoms with E-state index in [1.54, 1.807) is 0 Å². The Labute approximate surface area is 126 Å². The second-order valence-electron chi connectivity index (χ2n) is 4.87. The van der Waals surface area contributed by atoms with Crippen LogP contribution < -0.4 is 10.1 Å². The fraction of sp³-hybridized carbons (Fsp3) is 0.278. The molecule has 1 atom stereocenters. The first kappa shape index (κ1) is 15.1. The molecular weight excluding hydrogens is 260 g/mol. The van der Waals surface area contributed by atoms with Crippen LogP contribution in [0, 0.1) is 11.3 Å². The van der Waals surface area contributed by atoms with E-state index in [4.69, 9.17) is 10.00 Å². The Morgan fingerprint density at radius 1 is 1.14 bits per heavy atom. The van der Waals surface area contributed by atoms with Gasteiger partial charge in [0.25, 0.3) is 0 Å². The third-order valence-corrected chi connectivity index (χ3v) is 3.42. The van der Waals surface area contributed by atoms with Crippen molar-refractivity contribution in [2.75, 3.05) is 6.54 Å². The van der Waals surface area contributed by atoms with Crippen LogP contribution in [0.2, 0.25) is 0 Å². The summed E-state index contributed by atoms with van der Waals surface area (Å²) in [5.74, 6) is 0.860. The number of rotatable bonds is 6. The van der Waals surface area contributed by atoms with Crippen LogP contribution in [0.1, 0.15) is 36.6 Å². The lowest BCUT2D eigenvalue weighted by Crippen LogP contribution is -2.18. The van der Waals surface area contributed by atoms with Gasteiger partial charge in [-0.1, -0.05) is 43.3 Å². The molecule has 0 fully saturated rings. The van der Waals surface area contributed by atoms with Gasteiger partial charge in [0.1, 0.15) is 12.4 Å². The van der Waals surface area contributed by atoms with E-state index in [2.05, 4.69) is 31.3 Å². The van der Waals surface area contributed by atoms with Gasteiger partial charge in [-0.3, -0.25) is 0 Å². The van der Waals surface area contributed by atoms with Gasteiger partial charge in [0.15, 0.2) is 0 Å². The smallest absolute Gasteiger partial charge is 0.124 e. The Balaban J connectivity index is 2.15. The Kier molecular flexibility index (Phi) is 5.36. The average Bonchev–Trinajstić information content (AvgIpc) is 2.53. The summed E-state index contributed by atoms with van der Waals surface area (Å²) in [7, 11) is 0. The average molecular weight is 280 g/mol. The highest BCUT2D eigenvalue weighted by atomic mass is 16.5.